The lowest BCUT2D eigenvalue weighted by atomic mass is 10.0. The van der Waals surface area contributed by atoms with Gasteiger partial charge in [-0.2, -0.15) is 0 Å². The van der Waals surface area contributed by atoms with Gasteiger partial charge in [0, 0.05) is 47.7 Å². The van der Waals surface area contributed by atoms with Crippen LogP contribution in [-0.2, 0) is 0 Å². The summed E-state index contributed by atoms with van der Waals surface area (Å²) in [6.07, 6.45) is -4.78. The number of carbonyl (C=O) groups is 1. The van der Waals surface area contributed by atoms with E-state index in [0.29, 0.717) is 36.8 Å². The Morgan fingerprint density at radius 2 is 1.63 bits per heavy atom. The zero-order chi connectivity index (χ0) is 26.9. The molecule has 196 valence electrons. The lowest BCUT2D eigenvalue weighted by Crippen LogP contribution is -2.55. The van der Waals surface area contributed by atoms with Gasteiger partial charge in [0.25, 0.3) is 0 Å². The number of alkyl halides is 3. The van der Waals surface area contributed by atoms with Crippen LogP contribution in [0.25, 0.3) is 22.0 Å². The van der Waals surface area contributed by atoms with E-state index in [4.69, 9.17) is 0 Å². The van der Waals surface area contributed by atoms with Gasteiger partial charge in [0.05, 0.1) is 0 Å². The molecule has 3 aromatic carbocycles. The van der Waals surface area contributed by atoms with Crippen LogP contribution >= 0.6 is 0 Å². The van der Waals surface area contributed by atoms with Gasteiger partial charge < -0.3 is 19.9 Å². The second-order valence-electron chi connectivity index (χ2n) is 8.92. The molecule has 4 aromatic rings. The molecule has 11 heteroatoms. The number of halogens is 4. The predicted molar refractivity (Wildman–Crippen MR) is 135 cm³/mol. The highest BCUT2D eigenvalue weighted by Gasteiger charge is 2.31. The Hall–Kier alpha value is -4.41. The summed E-state index contributed by atoms with van der Waals surface area (Å²) in [7, 11) is 0. The highest BCUT2D eigenvalue weighted by Crippen LogP contribution is 2.33. The number of benzene rings is 3. The van der Waals surface area contributed by atoms with Gasteiger partial charge in [-0.15, -0.1) is 23.4 Å². The minimum Gasteiger partial charge on any atom is -0.406 e. The topological polar surface area (TPSA) is 70.6 Å². The quantitative estimate of drug-likeness (QED) is 0.327. The molecule has 1 aliphatic rings. The summed E-state index contributed by atoms with van der Waals surface area (Å²) in [4.78, 5) is 16.6. The number of nitrogens with one attached hydrogen (secondary N) is 1. The maximum atomic E-state index is 13.4. The van der Waals surface area contributed by atoms with Gasteiger partial charge in [0.2, 0.25) is 0 Å². The van der Waals surface area contributed by atoms with Crippen LogP contribution < -0.4 is 15.0 Å². The van der Waals surface area contributed by atoms with Gasteiger partial charge in [0.15, 0.2) is 5.82 Å². The maximum absolute atomic E-state index is 13.4. The van der Waals surface area contributed by atoms with E-state index < -0.39 is 6.36 Å². The number of carbonyl (C=O) groups excluding carboxylic acids is 1. The largest absolute Gasteiger partial charge is 0.573 e. The number of aromatic nitrogens is 2. The van der Waals surface area contributed by atoms with E-state index in [1.165, 1.54) is 24.3 Å². The first kappa shape index (κ1) is 25.2. The van der Waals surface area contributed by atoms with Crippen LogP contribution in [0.4, 0.5) is 33.9 Å². The highest BCUT2D eigenvalue weighted by molar-refractivity contribution is 6.00. The van der Waals surface area contributed by atoms with E-state index in [2.05, 4.69) is 25.2 Å². The Bertz CT molecular complexity index is 1450. The van der Waals surface area contributed by atoms with Crippen LogP contribution in [0, 0.1) is 5.82 Å². The molecule has 7 nitrogen and oxygen atoms in total. The molecule has 1 atom stereocenters. The molecule has 2 heterocycles. The number of fused-ring (bicyclic) bond motifs is 1. The standard InChI is InChI=1S/C27H23F4N5O2/c1-17-16-35(26(37)32-20-10-12-21(13-11-20)38-27(29,30)31)14-15-36(17)25-23-5-3-2-4-22(23)24(33-34-25)18-6-8-19(28)9-7-18/h2-13,17H,14-16H2,1H3,(H,32,37). The van der Waals surface area contributed by atoms with Crippen molar-refractivity contribution in [1.29, 1.82) is 0 Å². The van der Waals surface area contributed by atoms with Gasteiger partial charge in [-0.05, 0) is 55.5 Å². The van der Waals surface area contributed by atoms with Crippen molar-refractivity contribution in [3.05, 3.63) is 78.6 Å². The average Bonchev–Trinajstić information content (AvgIpc) is 2.89. The molecular formula is C27H23F4N5O2. The van der Waals surface area contributed by atoms with E-state index in [-0.39, 0.29) is 23.6 Å². The first-order valence-corrected chi connectivity index (χ1v) is 11.9. The van der Waals surface area contributed by atoms with Crippen molar-refractivity contribution in [3.63, 3.8) is 0 Å². The Morgan fingerprint density at radius 1 is 0.947 bits per heavy atom. The van der Waals surface area contributed by atoms with Gasteiger partial charge in [-0.25, -0.2) is 9.18 Å². The second-order valence-corrected chi connectivity index (χ2v) is 8.92. The van der Waals surface area contributed by atoms with Crippen LogP contribution in [0.15, 0.2) is 72.8 Å². The highest BCUT2D eigenvalue weighted by atomic mass is 19.4. The van der Waals surface area contributed by atoms with Crippen LogP contribution in [0.5, 0.6) is 5.75 Å². The summed E-state index contributed by atoms with van der Waals surface area (Å²) in [6, 6.07) is 18.4. The number of hydrogen-bond acceptors (Lipinski definition) is 5. The van der Waals surface area contributed by atoms with Crippen LogP contribution in [-0.4, -0.2) is 53.2 Å². The SMILES string of the molecule is CC1CN(C(=O)Nc2ccc(OC(F)(F)F)cc2)CCN1c1nnc(-c2ccc(F)cc2)c2ccccc12. The molecule has 1 aliphatic heterocycles. The van der Waals surface area contributed by atoms with Crippen molar-refractivity contribution >= 4 is 28.3 Å². The van der Waals surface area contributed by atoms with E-state index >= 15 is 0 Å². The zero-order valence-corrected chi connectivity index (χ0v) is 20.2. The third-order valence-electron chi connectivity index (χ3n) is 6.31. The molecule has 1 unspecified atom stereocenters. The minimum absolute atomic E-state index is 0.0913. The van der Waals surface area contributed by atoms with Crippen molar-refractivity contribution in [2.24, 2.45) is 0 Å². The number of urea groups is 1. The lowest BCUT2D eigenvalue weighted by molar-refractivity contribution is -0.274. The molecule has 1 fully saturated rings. The van der Waals surface area contributed by atoms with Gasteiger partial charge >= 0.3 is 12.4 Å². The molecule has 1 N–H and O–H groups in total. The van der Waals surface area contributed by atoms with Gasteiger partial charge in [-0.3, -0.25) is 0 Å². The molecule has 0 saturated carbocycles. The van der Waals surface area contributed by atoms with E-state index in [0.717, 1.165) is 28.5 Å². The fourth-order valence-corrected chi connectivity index (χ4v) is 4.52. The first-order valence-electron chi connectivity index (χ1n) is 11.9. The van der Waals surface area contributed by atoms with Crippen molar-refractivity contribution in [2.75, 3.05) is 29.9 Å². The van der Waals surface area contributed by atoms with Gasteiger partial charge in [-0.1, -0.05) is 24.3 Å². The Kier molecular flexibility index (Phi) is 6.75. The molecule has 38 heavy (non-hydrogen) atoms. The molecule has 0 aliphatic carbocycles. The molecule has 0 spiro atoms. The Balaban J connectivity index is 1.30. The number of amides is 2. The van der Waals surface area contributed by atoms with E-state index in [9.17, 15) is 22.4 Å². The third kappa shape index (κ3) is 5.46. The smallest absolute Gasteiger partial charge is 0.406 e. The van der Waals surface area contributed by atoms with Crippen molar-refractivity contribution in [1.82, 2.24) is 15.1 Å². The van der Waals surface area contributed by atoms with Crippen LogP contribution in [0.2, 0.25) is 0 Å². The van der Waals surface area contributed by atoms with Crippen LogP contribution in [0.1, 0.15) is 6.92 Å². The summed E-state index contributed by atoms with van der Waals surface area (Å²) in [6.45, 7) is 3.28. The zero-order valence-electron chi connectivity index (χ0n) is 20.2. The van der Waals surface area contributed by atoms with Crippen molar-refractivity contribution < 1.29 is 27.1 Å². The van der Waals surface area contributed by atoms with Crippen LogP contribution in [0.3, 0.4) is 0 Å². The predicted octanol–water partition coefficient (Wildman–Crippen LogP) is 6.08. The molecule has 1 saturated heterocycles. The minimum atomic E-state index is -4.78. The number of hydrogen-bond donors (Lipinski definition) is 1. The normalized spacial score (nSPS) is 16.0. The number of ether oxygens (including phenoxy) is 1. The molecule has 0 bridgehead atoms. The molecule has 2 amide bonds. The number of rotatable bonds is 4. The Labute approximate surface area is 215 Å². The summed E-state index contributed by atoms with van der Waals surface area (Å²) in [5.74, 6) is 0.00152. The van der Waals surface area contributed by atoms with E-state index in [1.54, 1.807) is 17.0 Å². The summed E-state index contributed by atoms with van der Waals surface area (Å²) in [5.41, 5.74) is 1.77. The van der Waals surface area contributed by atoms with Crippen molar-refractivity contribution in [2.45, 2.75) is 19.3 Å². The summed E-state index contributed by atoms with van der Waals surface area (Å²) >= 11 is 0. The fraction of sp³-hybridized carbons (Fsp3) is 0.222. The van der Waals surface area contributed by atoms with E-state index in [1.807, 2.05) is 31.2 Å². The number of nitrogens with zero attached hydrogens (tertiary/aromatic N) is 4. The number of anilines is 2. The summed E-state index contributed by atoms with van der Waals surface area (Å²) in [5, 5.41) is 13.5. The monoisotopic (exact) mass is 525 g/mol. The molecule has 5 rings (SSSR count). The molecular weight excluding hydrogens is 502 g/mol. The average molecular weight is 526 g/mol. The second kappa shape index (κ2) is 10.2. The first-order chi connectivity index (χ1) is 18.2. The summed E-state index contributed by atoms with van der Waals surface area (Å²) < 4.78 is 54.4. The van der Waals surface area contributed by atoms with Crippen molar-refractivity contribution in [3.8, 4) is 17.0 Å². The third-order valence-corrected chi connectivity index (χ3v) is 6.31. The molecule has 0 radical (unpaired) electrons. The Morgan fingerprint density at radius 3 is 2.29 bits per heavy atom. The maximum Gasteiger partial charge on any atom is 0.573 e. The fourth-order valence-electron chi connectivity index (χ4n) is 4.52. The lowest BCUT2D eigenvalue weighted by Gasteiger charge is -2.40. The number of piperazine rings is 1. The van der Waals surface area contributed by atoms with Gasteiger partial charge in [0.1, 0.15) is 17.3 Å². The molecule has 1 aromatic heterocycles.